The van der Waals surface area contributed by atoms with Crippen LogP contribution in [0.15, 0.2) is 12.3 Å². The van der Waals surface area contributed by atoms with Crippen molar-refractivity contribution in [2.24, 2.45) is 0 Å². The molecule has 2 rings (SSSR count). The Labute approximate surface area is 119 Å². The molecule has 0 saturated carbocycles. The smallest absolute Gasteiger partial charge is 0.312 e. The Kier molecular flexibility index (Phi) is 4.30. The van der Waals surface area contributed by atoms with Gasteiger partial charge in [0.05, 0.1) is 29.6 Å². The Morgan fingerprint density at radius 3 is 3.10 bits per heavy atom. The van der Waals surface area contributed by atoms with Gasteiger partial charge in [-0.2, -0.15) is 5.26 Å². The summed E-state index contributed by atoms with van der Waals surface area (Å²) in [5, 5.41) is 28.6. The van der Waals surface area contributed by atoms with Gasteiger partial charge in [0.1, 0.15) is 6.07 Å². The number of pyridine rings is 1. The van der Waals surface area contributed by atoms with Crippen LogP contribution in [0.5, 0.6) is 0 Å². The van der Waals surface area contributed by atoms with E-state index >= 15 is 0 Å². The van der Waals surface area contributed by atoms with Gasteiger partial charge in [-0.15, -0.1) is 0 Å². The molecular formula is C12H12N4O5. The average molecular weight is 292 g/mol. The van der Waals surface area contributed by atoms with Gasteiger partial charge in [0.2, 0.25) is 5.82 Å². The normalized spacial score (nSPS) is 18.0. The third kappa shape index (κ3) is 3.43. The molecule has 1 unspecified atom stereocenters. The van der Waals surface area contributed by atoms with Gasteiger partial charge in [0.25, 0.3) is 0 Å². The molecule has 110 valence electrons. The van der Waals surface area contributed by atoms with Crippen molar-refractivity contribution in [2.45, 2.75) is 12.5 Å². The second kappa shape index (κ2) is 6.15. The lowest BCUT2D eigenvalue weighted by Gasteiger charge is -2.32. The number of ether oxygens (including phenoxy) is 1. The Morgan fingerprint density at radius 1 is 1.71 bits per heavy atom. The van der Waals surface area contributed by atoms with Crippen LogP contribution in [0.25, 0.3) is 0 Å². The molecule has 1 atom stereocenters. The van der Waals surface area contributed by atoms with Crippen molar-refractivity contribution in [2.75, 3.05) is 24.6 Å². The highest BCUT2D eigenvalue weighted by atomic mass is 16.6. The fraction of sp³-hybridized carbons (Fsp3) is 0.417. The number of nitrogens with zero attached hydrogens (tertiary/aromatic N) is 4. The van der Waals surface area contributed by atoms with Crippen molar-refractivity contribution < 1.29 is 19.6 Å². The number of nitriles is 1. The van der Waals surface area contributed by atoms with E-state index in [4.69, 9.17) is 15.1 Å². The standard InChI is InChI=1S/C12H12N4O5/c13-5-8-3-10(16(19)20)12(14-6-8)15-1-2-21-9(7-15)4-11(17)18/h3,6,9H,1-2,4,7H2,(H,17,18). The first-order valence-electron chi connectivity index (χ1n) is 6.14. The Balaban J connectivity index is 2.26. The van der Waals surface area contributed by atoms with Crippen molar-refractivity contribution in [1.82, 2.24) is 4.98 Å². The van der Waals surface area contributed by atoms with Crippen LogP contribution < -0.4 is 4.90 Å². The van der Waals surface area contributed by atoms with Crippen LogP contribution in [0.4, 0.5) is 11.5 Å². The second-order valence-corrected chi connectivity index (χ2v) is 4.47. The molecule has 0 amide bonds. The summed E-state index contributed by atoms with van der Waals surface area (Å²) in [6, 6.07) is 2.96. The molecule has 9 nitrogen and oxygen atoms in total. The number of hydrogen-bond donors (Lipinski definition) is 1. The minimum atomic E-state index is -0.996. The summed E-state index contributed by atoms with van der Waals surface area (Å²) in [5.41, 5.74) is -0.175. The highest BCUT2D eigenvalue weighted by molar-refractivity contribution is 5.67. The molecule has 1 saturated heterocycles. The van der Waals surface area contributed by atoms with E-state index in [2.05, 4.69) is 4.98 Å². The predicted molar refractivity (Wildman–Crippen MR) is 69.8 cm³/mol. The van der Waals surface area contributed by atoms with Gasteiger partial charge in [0.15, 0.2) is 0 Å². The van der Waals surface area contributed by atoms with E-state index in [0.29, 0.717) is 6.54 Å². The maximum atomic E-state index is 11.1. The number of anilines is 1. The van der Waals surface area contributed by atoms with Gasteiger partial charge in [-0.1, -0.05) is 0 Å². The maximum absolute atomic E-state index is 11.1. The molecule has 1 fully saturated rings. The predicted octanol–water partition coefficient (Wildman–Crippen LogP) is 0.541. The summed E-state index contributed by atoms with van der Waals surface area (Å²) >= 11 is 0. The fourth-order valence-corrected chi connectivity index (χ4v) is 2.12. The number of aromatic nitrogens is 1. The summed E-state index contributed by atoms with van der Waals surface area (Å²) in [7, 11) is 0. The van der Waals surface area contributed by atoms with Crippen molar-refractivity contribution in [3.63, 3.8) is 0 Å². The first-order chi connectivity index (χ1) is 10.0. The summed E-state index contributed by atoms with van der Waals surface area (Å²) in [6.07, 6.45) is 0.526. The van der Waals surface area contributed by atoms with E-state index in [9.17, 15) is 14.9 Å². The van der Waals surface area contributed by atoms with Crippen LogP contribution in [0.3, 0.4) is 0 Å². The van der Waals surface area contributed by atoms with E-state index in [1.54, 1.807) is 11.0 Å². The van der Waals surface area contributed by atoms with Crippen LogP contribution in [0, 0.1) is 21.4 Å². The van der Waals surface area contributed by atoms with Gasteiger partial charge in [0, 0.05) is 25.4 Å². The first kappa shape index (κ1) is 14.7. The molecule has 0 aliphatic carbocycles. The summed E-state index contributed by atoms with van der Waals surface area (Å²) < 4.78 is 5.31. The van der Waals surface area contributed by atoms with Crippen LogP contribution in [-0.4, -0.2) is 46.8 Å². The molecule has 1 N–H and O–H groups in total. The third-order valence-electron chi connectivity index (χ3n) is 3.01. The van der Waals surface area contributed by atoms with E-state index in [-0.39, 0.29) is 36.6 Å². The summed E-state index contributed by atoms with van der Waals surface area (Å²) in [6.45, 7) is 0.832. The zero-order valence-corrected chi connectivity index (χ0v) is 10.9. The fourth-order valence-electron chi connectivity index (χ4n) is 2.12. The molecule has 0 spiro atoms. The maximum Gasteiger partial charge on any atom is 0.312 e. The molecule has 0 aromatic carbocycles. The Bertz CT molecular complexity index is 612. The number of aliphatic carboxylic acids is 1. The highest BCUT2D eigenvalue weighted by Gasteiger charge is 2.28. The quantitative estimate of drug-likeness (QED) is 0.628. The van der Waals surface area contributed by atoms with Crippen LogP contribution in [0.2, 0.25) is 0 Å². The minimum absolute atomic E-state index is 0.0980. The van der Waals surface area contributed by atoms with E-state index in [1.165, 1.54) is 6.20 Å². The van der Waals surface area contributed by atoms with Gasteiger partial charge in [-0.25, -0.2) is 4.98 Å². The molecule has 0 bridgehead atoms. The lowest BCUT2D eigenvalue weighted by molar-refractivity contribution is -0.384. The van der Waals surface area contributed by atoms with E-state index in [0.717, 1.165) is 6.07 Å². The molecule has 1 aliphatic heterocycles. The highest BCUT2D eigenvalue weighted by Crippen LogP contribution is 2.28. The molecular weight excluding hydrogens is 280 g/mol. The van der Waals surface area contributed by atoms with Gasteiger partial charge >= 0.3 is 11.7 Å². The Hall–Kier alpha value is -2.73. The molecule has 9 heteroatoms. The molecule has 1 aromatic heterocycles. The van der Waals surface area contributed by atoms with Crippen molar-refractivity contribution in [3.05, 3.63) is 27.9 Å². The van der Waals surface area contributed by atoms with Crippen molar-refractivity contribution in [3.8, 4) is 6.07 Å². The SMILES string of the molecule is N#Cc1cnc(N2CCOC(CC(=O)O)C2)c([N+](=O)[O-])c1. The number of rotatable bonds is 4. The summed E-state index contributed by atoms with van der Waals surface area (Å²) in [4.78, 5) is 26.8. The molecule has 21 heavy (non-hydrogen) atoms. The van der Waals surface area contributed by atoms with Crippen molar-refractivity contribution >= 4 is 17.5 Å². The van der Waals surface area contributed by atoms with Crippen molar-refractivity contribution in [1.29, 1.82) is 5.26 Å². The number of morpholine rings is 1. The Morgan fingerprint density at radius 2 is 2.48 bits per heavy atom. The van der Waals surface area contributed by atoms with Gasteiger partial charge < -0.3 is 14.7 Å². The van der Waals surface area contributed by atoms with E-state index < -0.39 is 17.0 Å². The number of carbonyl (C=O) groups is 1. The molecule has 0 radical (unpaired) electrons. The van der Waals surface area contributed by atoms with Crippen LogP contribution in [0.1, 0.15) is 12.0 Å². The first-order valence-corrected chi connectivity index (χ1v) is 6.14. The van der Waals surface area contributed by atoms with Crippen LogP contribution in [-0.2, 0) is 9.53 Å². The topological polar surface area (TPSA) is 130 Å². The van der Waals surface area contributed by atoms with Gasteiger partial charge in [-0.3, -0.25) is 14.9 Å². The molecule has 1 aliphatic rings. The number of hydrogen-bond acceptors (Lipinski definition) is 7. The minimum Gasteiger partial charge on any atom is -0.481 e. The monoisotopic (exact) mass is 292 g/mol. The molecule has 2 heterocycles. The number of carboxylic acid groups (broad SMARTS) is 1. The summed E-state index contributed by atoms with van der Waals surface area (Å²) in [5.74, 6) is -0.873. The van der Waals surface area contributed by atoms with Crippen LogP contribution >= 0.6 is 0 Å². The largest absolute Gasteiger partial charge is 0.481 e. The number of nitro groups is 1. The number of carboxylic acids is 1. The second-order valence-electron chi connectivity index (χ2n) is 4.47. The average Bonchev–Trinajstić information content (AvgIpc) is 2.46. The lowest BCUT2D eigenvalue weighted by atomic mass is 10.2. The lowest BCUT2D eigenvalue weighted by Crippen LogP contribution is -2.44. The van der Waals surface area contributed by atoms with Gasteiger partial charge in [-0.05, 0) is 0 Å². The zero-order valence-electron chi connectivity index (χ0n) is 10.9. The zero-order chi connectivity index (χ0) is 15.4. The molecule has 1 aromatic rings. The third-order valence-corrected chi connectivity index (χ3v) is 3.01. The van der Waals surface area contributed by atoms with E-state index in [1.807, 2.05) is 0 Å².